The first-order valence-corrected chi connectivity index (χ1v) is 5.60. The Morgan fingerprint density at radius 3 is 2.25 bits per heavy atom. The lowest BCUT2D eigenvalue weighted by Crippen LogP contribution is -2.32. The molecule has 0 radical (unpaired) electrons. The predicted octanol–water partition coefficient (Wildman–Crippen LogP) is 3.33. The van der Waals surface area contributed by atoms with Crippen LogP contribution in [0.15, 0.2) is 0 Å². The topological polar surface area (TPSA) is 26.0 Å². The Labute approximate surface area is 77.7 Å². The first kappa shape index (κ1) is 12.0. The van der Waals surface area contributed by atoms with Crippen molar-refractivity contribution in [2.24, 2.45) is 11.7 Å². The van der Waals surface area contributed by atoms with Crippen LogP contribution in [-0.4, -0.2) is 6.04 Å². The second-order valence-electron chi connectivity index (χ2n) is 3.50. The van der Waals surface area contributed by atoms with Gasteiger partial charge in [-0.25, -0.2) is 0 Å². The minimum atomic E-state index is 0.522. The van der Waals surface area contributed by atoms with Crippen LogP contribution >= 0.6 is 0 Å². The lowest BCUT2D eigenvalue weighted by molar-refractivity contribution is 0.290. The SMILES string of the molecule is CC.CCCC1CCCC[C@H]1N. The molecule has 12 heavy (non-hydrogen) atoms. The van der Waals surface area contributed by atoms with E-state index in [1.807, 2.05) is 13.8 Å². The first-order chi connectivity index (χ1) is 5.84. The third-order valence-electron chi connectivity index (χ3n) is 2.63. The maximum atomic E-state index is 5.97. The molecule has 1 rings (SSSR count). The third-order valence-corrected chi connectivity index (χ3v) is 2.63. The van der Waals surface area contributed by atoms with Crippen LogP contribution in [0.1, 0.15) is 59.3 Å². The molecule has 1 heteroatoms. The number of nitrogens with two attached hydrogens (primary N) is 1. The largest absolute Gasteiger partial charge is 0.327 e. The summed E-state index contributed by atoms with van der Waals surface area (Å²) in [6.45, 7) is 6.25. The molecule has 1 saturated carbocycles. The fraction of sp³-hybridized carbons (Fsp3) is 1.00. The van der Waals surface area contributed by atoms with Gasteiger partial charge in [-0.2, -0.15) is 0 Å². The molecule has 0 aromatic heterocycles. The summed E-state index contributed by atoms with van der Waals surface area (Å²) in [5.74, 6) is 0.846. The molecule has 0 heterocycles. The average molecular weight is 171 g/mol. The van der Waals surface area contributed by atoms with Crippen molar-refractivity contribution in [3.63, 3.8) is 0 Å². The van der Waals surface area contributed by atoms with Crippen molar-refractivity contribution in [2.75, 3.05) is 0 Å². The maximum absolute atomic E-state index is 5.97. The van der Waals surface area contributed by atoms with E-state index in [-0.39, 0.29) is 0 Å². The molecule has 2 N–H and O–H groups in total. The van der Waals surface area contributed by atoms with E-state index < -0.39 is 0 Å². The van der Waals surface area contributed by atoms with E-state index >= 15 is 0 Å². The highest BCUT2D eigenvalue weighted by molar-refractivity contribution is 4.77. The van der Waals surface area contributed by atoms with Crippen LogP contribution in [0.25, 0.3) is 0 Å². The number of hydrogen-bond acceptors (Lipinski definition) is 1. The smallest absolute Gasteiger partial charge is 0.00671 e. The van der Waals surface area contributed by atoms with E-state index in [2.05, 4.69) is 6.92 Å². The molecule has 74 valence electrons. The summed E-state index contributed by atoms with van der Waals surface area (Å²) in [6.07, 6.45) is 8.08. The Kier molecular flexibility index (Phi) is 7.58. The molecular formula is C11H25N. The second kappa shape index (κ2) is 7.60. The zero-order valence-electron chi connectivity index (χ0n) is 8.97. The summed E-state index contributed by atoms with van der Waals surface area (Å²) in [4.78, 5) is 0. The molecule has 0 amide bonds. The standard InChI is InChI=1S/C9H19N.C2H6/c1-2-5-8-6-3-4-7-9(8)10;1-2/h8-9H,2-7,10H2,1H3;1-2H3/t8?,9-;/m1./s1. The zero-order valence-corrected chi connectivity index (χ0v) is 8.97. The summed E-state index contributed by atoms with van der Waals surface area (Å²) >= 11 is 0. The Hall–Kier alpha value is -0.0400. The Morgan fingerprint density at radius 2 is 1.75 bits per heavy atom. The van der Waals surface area contributed by atoms with E-state index in [1.54, 1.807) is 0 Å². The maximum Gasteiger partial charge on any atom is 0.00671 e. The molecule has 2 atom stereocenters. The van der Waals surface area contributed by atoms with Crippen LogP contribution in [0.5, 0.6) is 0 Å². The summed E-state index contributed by atoms with van der Waals surface area (Å²) < 4.78 is 0. The molecule has 0 bridgehead atoms. The molecule has 0 saturated heterocycles. The van der Waals surface area contributed by atoms with Gasteiger partial charge >= 0.3 is 0 Å². The van der Waals surface area contributed by atoms with Gasteiger partial charge in [-0.05, 0) is 25.2 Å². The van der Waals surface area contributed by atoms with Crippen LogP contribution in [0.4, 0.5) is 0 Å². The average Bonchev–Trinajstić information content (AvgIpc) is 2.13. The highest BCUT2D eigenvalue weighted by Crippen LogP contribution is 2.26. The van der Waals surface area contributed by atoms with E-state index in [0.29, 0.717) is 6.04 Å². The summed E-state index contributed by atoms with van der Waals surface area (Å²) in [7, 11) is 0. The van der Waals surface area contributed by atoms with Gasteiger partial charge in [0.25, 0.3) is 0 Å². The monoisotopic (exact) mass is 171 g/mol. The fourth-order valence-corrected chi connectivity index (χ4v) is 1.97. The first-order valence-electron chi connectivity index (χ1n) is 5.60. The van der Waals surface area contributed by atoms with Crippen molar-refractivity contribution in [2.45, 2.75) is 65.3 Å². The van der Waals surface area contributed by atoms with E-state index in [0.717, 1.165) is 5.92 Å². The highest BCUT2D eigenvalue weighted by Gasteiger charge is 2.19. The Balaban J connectivity index is 0.000000561. The molecule has 0 aliphatic heterocycles. The normalized spacial score (nSPS) is 29.0. The lowest BCUT2D eigenvalue weighted by atomic mass is 9.82. The molecule has 0 aromatic carbocycles. The van der Waals surface area contributed by atoms with Gasteiger partial charge in [0.05, 0.1) is 0 Å². The molecule has 0 spiro atoms. The van der Waals surface area contributed by atoms with Gasteiger partial charge in [0.1, 0.15) is 0 Å². The van der Waals surface area contributed by atoms with E-state index in [4.69, 9.17) is 5.73 Å². The molecule has 1 unspecified atom stereocenters. The van der Waals surface area contributed by atoms with Crippen molar-refractivity contribution in [1.82, 2.24) is 0 Å². The van der Waals surface area contributed by atoms with Crippen LogP contribution in [0.3, 0.4) is 0 Å². The Morgan fingerprint density at radius 1 is 1.17 bits per heavy atom. The van der Waals surface area contributed by atoms with Crippen molar-refractivity contribution in [3.8, 4) is 0 Å². The fourth-order valence-electron chi connectivity index (χ4n) is 1.97. The van der Waals surface area contributed by atoms with Crippen molar-refractivity contribution in [3.05, 3.63) is 0 Å². The highest BCUT2D eigenvalue weighted by atomic mass is 14.7. The number of rotatable bonds is 2. The lowest BCUT2D eigenvalue weighted by Gasteiger charge is -2.27. The summed E-state index contributed by atoms with van der Waals surface area (Å²) in [5.41, 5.74) is 5.97. The predicted molar refractivity (Wildman–Crippen MR) is 56.2 cm³/mol. The molecule has 0 aromatic rings. The van der Waals surface area contributed by atoms with Crippen LogP contribution in [0, 0.1) is 5.92 Å². The quantitative estimate of drug-likeness (QED) is 0.677. The molecule has 1 fully saturated rings. The summed E-state index contributed by atoms with van der Waals surface area (Å²) in [5, 5.41) is 0. The number of hydrogen-bond donors (Lipinski definition) is 1. The summed E-state index contributed by atoms with van der Waals surface area (Å²) in [6, 6.07) is 0.522. The van der Waals surface area contributed by atoms with Gasteiger partial charge in [-0.15, -0.1) is 0 Å². The molecule has 1 aliphatic rings. The van der Waals surface area contributed by atoms with E-state index in [9.17, 15) is 0 Å². The van der Waals surface area contributed by atoms with Gasteiger partial charge in [-0.1, -0.05) is 40.0 Å². The molecule has 1 aliphatic carbocycles. The van der Waals surface area contributed by atoms with Crippen molar-refractivity contribution in [1.29, 1.82) is 0 Å². The zero-order chi connectivity index (χ0) is 9.40. The molecule has 1 nitrogen and oxygen atoms in total. The Bertz CT molecular complexity index is 89.0. The van der Waals surface area contributed by atoms with Crippen molar-refractivity contribution >= 4 is 0 Å². The van der Waals surface area contributed by atoms with Gasteiger partial charge in [-0.3, -0.25) is 0 Å². The molecular weight excluding hydrogens is 146 g/mol. The minimum Gasteiger partial charge on any atom is -0.327 e. The minimum absolute atomic E-state index is 0.522. The van der Waals surface area contributed by atoms with Crippen LogP contribution < -0.4 is 5.73 Å². The van der Waals surface area contributed by atoms with Crippen LogP contribution in [-0.2, 0) is 0 Å². The van der Waals surface area contributed by atoms with Gasteiger partial charge in [0, 0.05) is 6.04 Å². The van der Waals surface area contributed by atoms with Gasteiger partial charge < -0.3 is 5.73 Å². The van der Waals surface area contributed by atoms with Crippen molar-refractivity contribution < 1.29 is 0 Å². The second-order valence-corrected chi connectivity index (χ2v) is 3.50. The third kappa shape index (κ3) is 4.10. The van der Waals surface area contributed by atoms with E-state index in [1.165, 1.54) is 38.5 Å². The van der Waals surface area contributed by atoms with Crippen LogP contribution in [0.2, 0.25) is 0 Å². The van der Waals surface area contributed by atoms with Gasteiger partial charge in [0.15, 0.2) is 0 Å². The van der Waals surface area contributed by atoms with Gasteiger partial charge in [0.2, 0.25) is 0 Å².